The molecule has 2 fully saturated rings. The lowest BCUT2D eigenvalue weighted by molar-refractivity contribution is 0.0495. The number of hydrogen-bond donors (Lipinski definition) is 2. The number of alkyl carbamates (subject to hydrolysis) is 1. The first kappa shape index (κ1) is 18.5. The van der Waals surface area contributed by atoms with Crippen molar-refractivity contribution in [3.8, 4) is 0 Å². The molecule has 0 aromatic rings. The van der Waals surface area contributed by atoms with Crippen LogP contribution in [-0.2, 0) is 4.74 Å². The van der Waals surface area contributed by atoms with Crippen LogP contribution in [0.1, 0.15) is 59.8 Å². The molecule has 2 aliphatic rings. The van der Waals surface area contributed by atoms with Crippen molar-refractivity contribution in [3.63, 3.8) is 0 Å². The lowest BCUT2D eigenvalue weighted by atomic mass is 9.90. The Kier molecular flexibility index (Phi) is 6.32. The highest BCUT2D eigenvalue weighted by molar-refractivity contribution is 5.68. The molecule has 1 aliphatic heterocycles. The molecule has 1 saturated carbocycles. The van der Waals surface area contributed by atoms with E-state index in [0.29, 0.717) is 12.1 Å². The van der Waals surface area contributed by atoms with Crippen molar-refractivity contribution in [1.29, 1.82) is 0 Å². The number of hydrogen-bond acceptors (Lipinski definition) is 4. The van der Waals surface area contributed by atoms with Crippen molar-refractivity contribution in [2.45, 2.75) is 83.5 Å². The topological polar surface area (TPSA) is 53.6 Å². The van der Waals surface area contributed by atoms with Gasteiger partial charge in [-0.2, -0.15) is 0 Å². The molecule has 0 aromatic carbocycles. The number of piperidine rings is 1. The van der Waals surface area contributed by atoms with Crippen molar-refractivity contribution in [2.75, 3.05) is 20.1 Å². The molecule has 1 amide bonds. The molecule has 0 radical (unpaired) electrons. The normalized spacial score (nSPS) is 28.6. The van der Waals surface area contributed by atoms with E-state index < -0.39 is 5.60 Å². The summed E-state index contributed by atoms with van der Waals surface area (Å²) in [5.41, 5.74) is -0.437. The lowest BCUT2D eigenvalue weighted by Gasteiger charge is -2.35. The predicted octanol–water partition coefficient (Wildman–Crippen LogP) is 2.75. The van der Waals surface area contributed by atoms with Gasteiger partial charge in [0.25, 0.3) is 0 Å². The van der Waals surface area contributed by atoms with Crippen LogP contribution in [0.3, 0.4) is 0 Å². The zero-order valence-electron chi connectivity index (χ0n) is 15.5. The Morgan fingerprint density at radius 1 is 1.13 bits per heavy atom. The van der Waals surface area contributed by atoms with Gasteiger partial charge in [0.15, 0.2) is 0 Å². The van der Waals surface area contributed by atoms with Crippen LogP contribution in [0.4, 0.5) is 4.79 Å². The standard InChI is InChI=1S/C18H35N3O2/c1-13(14-9-11-21(5)12-10-14)19-15-7-6-8-16(15)20-17(22)23-18(2,3)4/h13-16,19H,6-12H2,1-5H3,(H,20,22). The average Bonchev–Trinajstić information content (AvgIpc) is 2.84. The predicted molar refractivity (Wildman–Crippen MR) is 93.6 cm³/mol. The Labute approximate surface area is 141 Å². The Morgan fingerprint density at radius 2 is 1.74 bits per heavy atom. The molecule has 134 valence electrons. The number of amides is 1. The van der Waals surface area contributed by atoms with Gasteiger partial charge in [-0.05, 0) is 85.9 Å². The molecule has 2 rings (SSSR count). The summed E-state index contributed by atoms with van der Waals surface area (Å²) in [7, 11) is 2.20. The van der Waals surface area contributed by atoms with Crippen molar-refractivity contribution < 1.29 is 9.53 Å². The number of rotatable bonds is 4. The zero-order valence-corrected chi connectivity index (χ0v) is 15.5. The largest absolute Gasteiger partial charge is 0.444 e. The summed E-state index contributed by atoms with van der Waals surface area (Å²) >= 11 is 0. The van der Waals surface area contributed by atoms with Gasteiger partial charge in [-0.3, -0.25) is 0 Å². The summed E-state index contributed by atoms with van der Waals surface area (Å²) < 4.78 is 5.40. The van der Waals surface area contributed by atoms with Crippen LogP contribution in [0, 0.1) is 5.92 Å². The SMILES string of the molecule is CC(NC1CCCC1NC(=O)OC(C)(C)C)C1CCN(C)CC1. The van der Waals surface area contributed by atoms with Crippen LogP contribution >= 0.6 is 0 Å². The average molecular weight is 325 g/mol. The third-order valence-electron chi connectivity index (χ3n) is 5.17. The summed E-state index contributed by atoms with van der Waals surface area (Å²) in [6.45, 7) is 10.4. The van der Waals surface area contributed by atoms with Gasteiger partial charge < -0.3 is 20.3 Å². The highest BCUT2D eigenvalue weighted by Crippen LogP contribution is 2.24. The minimum atomic E-state index is -0.437. The van der Waals surface area contributed by atoms with Crippen LogP contribution in [0.5, 0.6) is 0 Å². The zero-order chi connectivity index (χ0) is 17.0. The second kappa shape index (κ2) is 7.84. The summed E-state index contributed by atoms with van der Waals surface area (Å²) in [6, 6.07) is 1.07. The van der Waals surface area contributed by atoms with Crippen LogP contribution in [0.15, 0.2) is 0 Å². The maximum atomic E-state index is 12.0. The first-order valence-electron chi connectivity index (χ1n) is 9.19. The summed E-state index contributed by atoms with van der Waals surface area (Å²) in [6.07, 6.45) is 5.58. The van der Waals surface area contributed by atoms with E-state index in [-0.39, 0.29) is 12.1 Å². The molecule has 23 heavy (non-hydrogen) atoms. The van der Waals surface area contributed by atoms with Crippen molar-refractivity contribution in [2.24, 2.45) is 5.92 Å². The van der Waals surface area contributed by atoms with Gasteiger partial charge in [-0.1, -0.05) is 0 Å². The van der Waals surface area contributed by atoms with Gasteiger partial charge in [0.05, 0.1) is 0 Å². The van der Waals surface area contributed by atoms with Crippen molar-refractivity contribution >= 4 is 6.09 Å². The molecule has 5 nitrogen and oxygen atoms in total. The minimum Gasteiger partial charge on any atom is -0.444 e. The molecule has 1 saturated heterocycles. The number of ether oxygens (including phenoxy) is 1. The monoisotopic (exact) mass is 325 g/mol. The van der Waals surface area contributed by atoms with E-state index in [1.165, 1.54) is 25.9 Å². The van der Waals surface area contributed by atoms with Gasteiger partial charge in [0.2, 0.25) is 0 Å². The van der Waals surface area contributed by atoms with E-state index in [4.69, 9.17) is 4.74 Å². The highest BCUT2D eigenvalue weighted by Gasteiger charge is 2.32. The molecule has 0 spiro atoms. The third-order valence-corrected chi connectivity index (χ3v) is 5.17. The molecule has 5 heteroatoms. The molecule has 3 unspecified atom stereocenters. The number of carbonyl (C=O) groups is 1. The van der Waals surface area contributed by atoms with Gasteiger partial charge in [-0.15, -0.1) is 0 Å². The fourth-order valence-corrected chi connectivity index (χ4v) is 3.79. The maximum absolute atomic E-state index is 12.0. The third kappa shape index (κ3) is 5.96. The molecular weight excluding hydrogens is 290 g/mol. The molecule has 1 heterocycles. The van der Waals surface area contributed by atoms with E-state index in [1.54, 1.807) is 0 Å². The number of nitrogens with zero attached hydrogens (tertiary/aromatic N) is 1. The van der Waals surface area contributed by atoms with Gasteiger partial charge >= 0.3 is 6.09 Å². The molecule has 3 atom stereocenters. The fourth-order valence-electron chi connectivity index (χ4n) is 3.79. The summed E-state index contributed by atoms with van der Waals surface area (Å²) in [5.74, 6) is 0.744. The highest BCUT2D eigenvalue weighted by atomic mass is 16.6. The first-order chi connectivity index (χ1) is 10.7. The first-order valence-corrected chi connectivity index (χ1v) is 9.19. The van der Waals surface area contributed by atoms with Crippen LogP contribution < -0.4 is 10.6 Å². The van der Waals surface area contributed by atoms with Gasteiger partial charge in [0, 0.05) is 18.1 Å². The Bertz CT molecular complexity index is 386. The van der Waals surface area contributed by atoms with E-state index >= 15 is 0 Å². The van der Waals surface area contributed by atoms with E-state index in [2.05, 4.69) is 29.5 Å². The van der Waals surface area contributed by atoms with Gasteiger partial charge in [-0.25, -0.2) is 4.79 Å². The lowest BCUT2D eigenvalue weighted by Crippen LogP contribution is -2.52. The fraction of sp³-hybridized carbons (Fsp3) is 0.944. The number of nitrogens with one attached hydrogen (secondary N) is 2. The van der Waals surface area contributed by atoms with Crippen molar-refractivity contribution in [3.05, 3.63) is 0 Å². The second-order valence-corrected chi connectivity index (χ2v) is 8.39. The molecule has 0 aromatic heterocycles. The smallest absolute Gasteiger partial charge is 0.407 e. The van der Waals surface area contributed by atoms with Crippen LogP contribution in [-0.4, -0.2) is 54.9 Å². The van der Waals surface area contributed by atoms with E-state index in [1.807, 2.05) is 20.8 Å². The molecule has 0 bridgehead atoms. The molecule has 1 aliphatic carbocycles. The van der Waals surface area contributed by atoms with E-state index in [0.717, 1.165) is 25.2 Å². The minimum absolute atomic E-state index is 0.193. The Balaban J connectivity index is 1.80. The van der Waals surface area contributed by atoms with Gasteiger partial charge in [0.1, 0.15) is 5.60 Å². The summed E-state index contributed by atoms with van der Waals surface area (Å²) in [4.78, 5) is 14.4. The summed E-state index contributed by atoms with van der Waals surface area (Å²) in [5, 5.41) is 6.86. The van der Waals surface area contributed by atoms with Crippen LogP contribution in [0.25, 0.3) is 0 Å². The van der Waals surface area contributed by atoms with Crippen molar-refractivity contribution in [1.82, 2.24) is 15.5 Å². The van der Waals surface area contributed by atoms with E-state index in [9.17, 15) is 4.79 Å². The Hall–Kier alpha value is -0.810. The number of carbonyl (C=O) groups excluding carboxylic acids is 1. The molecular formula is C18H35N3O2. The van der Waals surface area contributed by atoms with Crippen LogP contribution in [0.2, 0.25) is 0 Å². The number of likely N-dealkylation sites (tertiary alicyclic amines) is 1. The quantitative estimate of drug-likeness (QED) is 0.834. The second-order valence-electron chi connectivity index (χ2n) is 8.39. The maximum Gasteiger partial charge on any atom is 0.407 e. The molecule has 2 N–H and O–H groups in total. The Morgan fingerprint density at radius 3 is 2.35 bits per heavy atom.